The third-order valence-electron chi connectivity index (χ3n) is 5.26. The van der Waals surface area contributed by atoms with Crippen molar-refractivity contribution in [3.05, 3.63) is 77.9 Å². The molecule has 0 bridgehead atoms. The third-order valence-corrected chi connectivity index (χ3v) is 9.03. The number of nitrogens with zero attached hydrogens (tertiary/aromatic N) is 1. The second-order valence-electron chi connectivity index (χ2n) is 8.05. The first kappa shape index (κ1) is 25.5. The van der Waals surface area contributed by atoms with Crippen LogP contribution in [0, 0.1) is 13.8 Å². The molecule has 0 saturated heterocycles. The summed E-state index contributed by atoms with van der Waals surface area (Å²) in [6, 6.07) is 17.1. The lowest BCUT2D eigenvalue weighted by atomic mass is 10.2. The van der Waals surface area contributed by atoms with E-state index in [1.165, 1.54) is 47.6 Å². The van der Waals surface area contributed by atoms with Gasteiger partial charge in [-0.15, -0.1) is 0 Å². The van der Waals surface area contributed by atoms with Crippen LogP contribution in [-0.2, 0) is 24.7 Å². The molecular formula is C25H28N2O5S2. The Bertz CT molecular complexity index is 1400. The Morgan fingerprint density at radius 2 is 1.44 bits per heavy atom. The van der Waals surface area contributed by atoms with E-state index < -0.39 is 19.9 Å². The number of nitrogens with one attached hydrogen (secondary N) is 1. The lowest BCUT2D eigenvalue weighted by Crippen LogP contribution is -2.32. The molecule has 1 N–H and O–H groups in total. The quantitative estimate of drug-likeness (QED) is 0.483. The summed E-state index contributed by atoms with van der Waals surface area (Å²) in [5.41, 5.74) is 2.29. The number of anilines is 2. The molecule has 0 unspecified atom stereocenters. The largest absolute Gasteiger partial charge is 0.326 e. The number of benzene rings is 3. The van der Waals surface area contributed by atoms with Crippen LogP contribution < -0.4 is 9.62 Å². The number of sulfone groups is 1. The number of sulfonamides is 1. The Hall–Kier alpha value is -3.17. The second kappa shape index (κ2) is 9.99. The Balaban J connectivity index is 1.99. The molecule has 0 heterocycles. The Morgan fingerprint density at radius 3 is 1.97 bits per heavy atom. The van der Waals surface area contributed by atoms with E-state index in [1.807, 2.05) is 13.8 Å². The minimum absolute atomic E-state index is 0.0788. The van der Waals surface area contributed by atoms with Crippen molar-refractivity contribution in [2.75, 3.05) is 16.2 Å². The summed E-state index contributed by atoms with van der Waals surface area (Å²) in [6.45, 7) is 7.04. The van der Waals surface area contributed by atoms with Gasteiger partial charge in [-0.1, -0.05) is 24.6 Å². The summed E-state index contributed by atoms with van der Waals surface area (Å²) < 4.78 is 54.4. The minimum atomic E-state index is -3.84. The van der Waals surface area contributed by atoms with Gasteiger partial charge in [0, 0.05) is 19.2 Å². The van der Waals surface area contributed by atoms with Crippen molar-refractivity contribution in [1.82, 2.24) is 0 Å². The molecule has 0 aromatic heterocycles. The van der Waals surface area contributed by atoms with Crippen LogP contribution in [0.4, 0.5) is 11.4 Å². The third kappa shape index (κ3) is 5.31. The van der Waals surface area contributed by atoms with Crippen molar-refractivity contribution in [3.63, 3.8) is 0 Å². The van der Waals surface area contributed by atoms with E-state index in [9.17, 15) is 21.6 Å². The number of aryl methyl sites for hydroxylation is 2. The lowest BCUT2D eigenvalue weighted by Gasteiger charge is -2.25. The van der Waals surface area contributed by atoms with E-state index >= 15 is 0 Å². The molecule has 9 heteroatoms. The van der Waals surface area contributed by atoms with E-state index in [-0.39, 0.29) is 27.1 Å². The normalized spacial score (nSPS) is 11.8. The highest BCUT2D eigenvalue weighted by atomic mass is 32.2. The number of carbonyl (C=O) groups is 1. The molecule has 3 aromatic carbocycles. The van der Waals surface area contributed by atoms with Gasteiger partial charge in [-0.3, -0.25) is 9.10 Å². The maximum absolute atomic E-state index is 13.3. The van der Waals surface area contributed by atoms with Gasteiger partial charge in [0.25, 0.3) is 10.0 Å². The fourth-order valence-corrected chi connectivity index (χ4v) is 6.59. The summed E-state index contributed by atoms with van der Waals surface area (Å²) in [4.78, 5) is 11.5. The van der Waals surface area contributed by atoms with Crippen LogP contribution in [0.5, 0.6) is 0 Å². The molecule has 0 spiro atoms. The molecular weight excluding hydrogens is 472 g/mol. The summed E-state index contributed by atoms with van der Waals surface area (Å²) in [7, 11) is -7.66. The summed E-state index contributed by atoms with van der Waals surface area (Å²) in [6.07, 6.45) is 0.588. The highest BCUT2D eigenvalue weighted by Gasteiger charge is 2.26. The van der Waals surface area contributed by atoms with Gasteiger partial charge in [0.15, 0.2) is 0 Å². The van der Waals surface area contributed by atoms with Gasteiger partial charge in [0.1, 0.15) is 0 Å². The monoisotopic (exact) mass is 500 g/mol. The molecule has 180 valence electrons. The van der Waals surface area contributed by atoms with Gasteiger partial charge in [0.2, 0.25) is 15.7 Å². The zero-order valence-electron chi connectivity index (χ0n) is 19.6. The van der Waals surface area contributed by atoms with Crippen LogP contribution in [0.15, 0.2) is 81.4 Å². The Morgan fingerprint density at radius 1 is 0.853 bits per heavy atom. The minimum Gasteiger partial charge on any atom is -0.326 e. The topological polar surface area (TPSA) is 101 Å². The standard InChI is InChI=1S/C25H28N2O5S2/c1-5-16-27(34(31,32)24-11-6-18(2)7-12-24)22-10-15-25(19(3)17-22)33(29,30)23-13-8-21(9-14-23)26-20(4)28/h6-15,17H,5,16H2,1-4H3,(H,26,28). The summed E-state index contributed by atoms with van der Waals surface area (Å²) >= 11 is 0. The van der Waals surface area contributed by atoms with Crippen LogP contribution in [0.1, 0.15) is 31.4 Å². The molecule has 0 aliphatic heterocycles. The van der Waals surface area contributed by atoms with Gasteiger partial charge < -0.3 is 5.32 Å². The van der Waals surface area contributed by atoms with Crippen molar-refractivity contribution in [2.24, 2.45) is 0 Å². The highest BCUT2D eigenvalue weighted by Crippen LogP contribution is 2.31. The SMILES string of the molecule is CCCN(c1ccc(S(=O)(=O)c2ccc(NC(C)=O)cc2)c(C)c1)S(=O)(=O)c1ccc(C)cc1. The molecule has 0 saturated carbocycles. The smallest absolute Gasteiger partial charge is 0.264 e. The summed E-state index contributed by atoms with van der Waals surface area (Å²) in [5.74, 6) is -0.251. The van der Waals surface area contributed by atoms with Gasteiger partial charge in [-0.2, -0.15) is 0 Å². The zero-order chi connectivity index (χ0) is 25.1. The molecule has 7 nitrogen and oxygen atoms in total. The van der Waals surface area contributed by atoms with Crippen LogP contribution in [0.2, 0.25) is 0 Å². The maximum atomic E-state index is 13.3. The fraction of sp³-hybridized carbons (Fsp3) is 0.240. The molecule has 1 amide bonds. The van der Waals surface area contributed by atoms with Crippen molar-refractivity contribution < 1.29 is 21.6 Å². The van der Waals surface area contributed by atoms with Crippen molar-refractivity contribution >= 4 is 37.1 Å². The number of hydrogen-bond acceptors (Lipinski definition) is 5. The average Bonchev–Trinajstić information content (AvgIpc) is 2.77. The predicted octanol–water partition coefficient (Wildman–Crippen LogP) is 4.70. The first-order chi connectivity index (χ1) is 16.0. The van der Waals surface area contributed by atoms with Gasteiger partial charge in [0.05, 0.1) is 20.4 Å². The summed E-state index contributed by atoms with van der Waals surface area (Å²) in [5, 5.41) is 2.60. The Kier molecular flexibility index (Phi) is 7.48. The zero-order valence-corrected chi connectivity index (χ0v) is 21.2. The van der Waals surface area contributed by atoms with Crippen LogP contribution >= 0.6 is 0 Å². The number of rotatable bonds is 8. The Labute approximate surface area is 201 Å². The molecule has 3 aromatic rings. The number of carbonyl (C=O) groups excluding carboxylic acids is 1. The van der Waals surface area contributed by atoms with Crippen LogP contribution in [0.25, 0.3) is 0 Å². The molecule has 34 heavy (non-hydrogen) atoms. The highest BCUT2D eigenvalue weighted by molar-refractivity contribution is 7.93. The van der Waals surface area contributed by atoms with Crippen molar-refractivity contribution in [3.8, 4) is 0 Å². The molecule has 0 radical (unpaired) electrons. The first-order valence-corrected chi connectivity index (χ1v) is 13.7. The van der Waals surface area contributed by atoms with E-state index in [0.29, 0.717) is 23.4 Å². The molecule has 0 atom stereocenters. The average molecular weight is 501 g/mol. The van der Waals surface area contributed by atoms with E-state index in [2.05, 4.69) is 5.32 Å². The molecule has 0 fully saturated rings. The maximum Gasteiger partial charge on any atom is 0.264 e. The van der Waals surface area contributed by atoms with Crippen LogP contribution in [-0.4, -0.2) is 29.3 Å². The van der Waals surface area contributed by atoms with Crippen molar-refractivity contribution in [2.45, 2.75) is 48.8 Å². The number of amides is 1. The van der Waals surface area contributed by atoms with Gasteiger partial charge in [-0.05, 0) is 80.4 Å². The lowest BCUT2D eigenvalue weighted by molar-refractivity contribution is -0.114. The van der Waals surface area contributed by atoms with Crippen LogP contribution in [0.3, 0.4) is 0 Å². The second-order valence-corrected chi connectivity index (χ2v) is 11.8. The molecule has 0 aliphatic rings. The first-order valence-electron chi connectivity index (χ1n) is 10.8. The molecule has 3 rings (SSSR count). The number of hydrogen-bond donors (Lipinski definition) is 1. The molecule has 0 aliphatic carbocycles. The van der Waals surface area contributed by atoms with Gasteiger partial charge in [-0.25, -0.2) is 16.8 Å². The predicted molar refractivity (Wildman–Crippen MR) is 133 cm³/mol. The van der Waals surface area contributed by atoms with E-state index in [0.717, 1.165) is 5.56 Å². The van der Waals surface area contributed by atoms with E-state index in [1.54, 1.807) is 37.3 Å². The van der Waals surface area contributed by atoms with E-state index in [4.69, 9.17) is 0 Å². The van der Waals surface area contributed by atoms with Crippen molar-refractivity contribution in [1.29, 1.82) is 0 Å². The van der Waals surface area contributed by atoms with Gasteiger partial charge >= 0.3 is 0 Å². The fourth-order valence-electron chi connectivity index (χ4n) is 3.57.